The number of nitrogens with one attached hydrogen (secondary N) is 1. The molecule has 29 heavy (non-hydrogen) atoms. The highest BCUT2D eigenvalue weighted by atomic mass is 32.2. The van der Waals surface area contributed by atoms with Gasteiger partial charge in [0.25, 0.3) is 0 Å². The molecule has 1 aliphatic heterocycles. The van der Waals surface area contributed by atoms with Gasteiger partial charge < -0.3 is 24.1 Å². The van der Waals surface area contributed by atoms with E-state index in [1.54, 1.807) is 18.2 Å². The van der Waals surface area contributed by atoms with Crippen molar-refractivity contribution in [1.82, 2.24) is 14.8 Å². The van der Waals surface area contributed by atoms with E-state index in [0.29, 0.717) is 48.0 Å². The molecule has 1 aromatic heterocycles. The smallest absolute Gasteiger partial charge is 0.234 e. The largest absolute Gasteiger partial charge is 0.486 e. The van der Waals surface area contributed by atoms with Gasteiger partial charge in [0.05, 0.1) is 5.75 Å². The standard InChI is InChI=1S/C20H20N4O4S/c1-24-18(12-28-15-5-3-2-4-6-15)22-23-20(24)29-13-19(25)21-14-7-8-16-17(11-14)27-10-9-26-16/h2-8,11H,9-10,12-13H2,1H3,(H,21,25). The van der Waals surface area contributed by atoms with Crippen LogP contribution < -0.4 is 19.5 Å². The Hall–Kier alpha value is -3.20. The fraction of sp³-hybridized carbons (Fsp3) is 0.250. The summed E-state index contributed by atoms with van der Waals surface area (Å²) in [7, 11) is 1.85. The normalized spacial score (nSPS) is 12.4. The van der Waals surface area contributed by atoms with Gasteiger partial charge in [-0.3, -0.25) is 4.79 Å². The summed E-state index contributed by atoms with van der Waals surface area (Å²) in [6, 6.07) is 14.9. The SMILES string of the molecule is Cn1c(COc2ccccc2)nnc1SCC(=O)Nc1ccc2c(c1)OCCO2. The van der Waals surface area contributed by atoms with Crippen molar-refractivity contribution in [3.8, 4) is 17.2 Å². The first-order valence-electron chi connectivity index (χ1n) is 9.07. The maximum Gasteiger partial charge on any atom is 0.234 e. The molecule has 0 radical (unpaired) electrons. The third kappa shape index (κ3) is 4.80. The Morgan fingerprint density at radius 2 is 1.93 bits per heavy atom. The lowest BCUT2D eigenvalue weighted by Gasteiger charge is -2.18. The van der Waals surface area contributed by atoms with E-state index in [1.807, 2.05) is 41.9 Å². The zero-order chi connectivity index (χ0) is 20.1. The number of benzene rings is 2. The molecular weight excluding hydrogens is 392 g/mol. The Labute approximate surface area is 172 Å². The number of anilines is 1. The van der Waals surface area contributed by atoms with Crippen molar-refractivity contribution in [2.75, 3.05) is 24.3 Å². The highest BCUT2D eigenvalue weighted by Crippen LogP contribution is 2.32. The van der Waals surface area contributed by atoms with Crippen LogP contribution in [0.4, 0.5) is 5.69 Å². The number of ether oxygens (including phenoxy) is 3. The predicted molar refractivity (Wildman–Crippen MR) is 109 cm³/mol. The molecule has 1 amide bonds. The van der Waals surface area contributed by atoms with Gasteiger partial charge in [0, 0.05) is 18.8 Å². The highest BCUT2D eigenvalue weighted by molar-refractivity contribution is 7.99. The van der Waals surface area contributed by atoms with E-state index in [2.05, 4.69) is 15.5 Å². The minimum atomic E-state index is -0.142. The molecule has 1 aliphatic rings. The maximum absolute atomic E-state index is 12.3. The van der Waals surface area contributed by atoms with E-state index in [9.17, 15) is 4.79 Å². The van der Waals surface area contributed by atoms with Gasteiger partial charge >= 0.3 is 0 Å². The molecule has 2 heterocycles. The summed E-state index contributed by atoms with van der Waals surface area (Å²) in [5.74, 6) is 2.84. The molecule has 8 nitrogen and oxygen atoms in total. The first-order chi connectivity index (χ1) is 14.2. The van der Waals surface area contributed by atoms with E-state index in [1.165, 1.54) is 11.8 Å². The second-order valence-electron chi connectivity index (χ2n) is 6.25. The highest BCUT2D eigenvalue weighted by Gasteiger charge is 2.15. The van der Waals surface area contributed by atoms with E-state index >= 15 is 0 Å². The molecule has 0 fully saturated rings. The molecule has 1 N–H and O–H groups in total. The molecular formula is C20H20N4O4S. The average molecular weight is 412 g/mol. The zero-order valence-corrected chi connectivity index (χ0v) is 16.6. The predicted octanol–water partition coefficient (Wildman–Crippen LogP) is 2.90. The third-order valence-electron chi connectivity index (χ3n) is 4.19. The Kier molecular flexibility index (Phi) is 5.85. The summed E-state index contributed by atoms with van der Waals surface area (Å²) in [5.41, 5.74) is 0.662. The zero-order valence-electron chi connectivity index (χ0n) is 15.8. The van der Waals surface area contributed by atoms with Crippen molar-refractivity contribution in [3.05, 3.63) is 54.4 Å². The second kappa shape index (κ2) is 8.87. The van der Waals surface area contributed by atoms with E-state index in [4.69, 9.17) is 14.2 Å². The molecule has 150 valence electrons. The number of fused-ring (bicyclic) bond motifs is 1. The van der Waals surface area contributed by atoms with Gasteiger partial charge in [-0.15, -0.1) is 10.2 Å². The number of para-hydroxylation sites is 1. The van der Waals surface area contributed by atoms with Gasteiger partial charge in [-0.05, 0) is 24.3 Å². The molecule has 4 rings (SSSR count). The Balaban J connectivity index is 1.30. The van der Waals surface area contributed by atoms with Crippen molar-refractivity contribution in [3.63, 3.8) is 0 Å². The Bertz CT molecular complexity index is 993. The summed E-state index contributed by atoms with van der Waals surface area (Å²) in [5, 5.41) is 11.8. The number of carbonyl (C=O) groups excluding carboxylic acids is 1. The van der Waals surface area contributed by atoms with Gasteiger partial charge in [0.2, 0.25) is 5.91 Å². The second-order valence-corrected chi connectivity index (χ2v) is 7.20. The first kappa shape index (κ1) is 19.1. The number of amides is 1. The van der Waals surface area contributed by atoms with E-state index in [0.717, 1.165) is 5.75 Å². The molecule has 0 saturated carbocycles. The van der Waals surface area contributed by atoms with Crippen LogP contribution in [0.3, 0.4) is 0 Å². The Morgan fingerprint density at radius 1 is 1.14 bits per heavy atom. The van der Waals surface area contributed by atoms with E-state index < -0.39 is 0 Å². The summed E-state index contributed by atoms with van der Waals surface area (Å²) in [6.45, 7) is 1.34. The maximum atomic E-state index is 12.3. The van der Waals surface area contributed by atoms with Crippen molar-refractivity contribution in [1.29, 1.82) is 0 Å². The van der Waals surface area contributed by atoms with Crippen LogP contribution in [0.5, 0.6) is 17.2 Å². The molecule has 0 atom stereocenters. The number of aromatic nitrogens is 3. The average Bonchev–Trinajstić information content (AvgIpc) is 3.11. The van der Waals surface area contributed by atoms with E-state index in [-0.39, 0.29) is 11.7 Å². The first-order valence-corrected chi connectivity index (χ1v) is 10.1. The van der Waals surface area contributed by atoms with Crippen molar-refractivity contribution in [2.24, 2.45) is 7.05 Å². The van der Waals surface area contributed by atoms with Crippen molar-refractivity contribution >= 4 is 23.4 Å². The number of hydrogen-bond acceptors (Lipinski definition) is 7. The Morgan fingerprint density at radius 3 is 2.76 bits per heavy atom. The molecule has 2 aromatic carbocycles. The van der Waals surface area contributed by atoms with Gasteiger partial charge in [0.15, 0.2) is 22.5 Å². The number of thioether (sulfide) groups is 1. The van der Waals surface area contributed by atoms with Crippen LogP contribution >= 0.6 is 11.8 Å². The van der Waals surface area contributed by atoms with Crippen molar-refractivity contribution < 1.29 is 19.0 Å². The monoisotopic (exact) mass is 412 g/mol. The number of hydrogen-bond donors (Lipinski definition) is 1. The number of nitrogens with zero attached hydrogens (tertiary/aromatic N) is 3. The summed E-state index contributed by atoms with van der Waals surface area (Å²) < 4.78 is 18.5. The lowest BCUT2D eigenvalue weighted by molar-refractivity contribution is -0.113. The lowest BCUT2D eigenvalue weighted by atomic mass is 10.2. The molecule has 0 aliphatic carbocycles. The molecule has 0 bridgehead atoms. The fourth-order valence-electron chi connectivity index (χ4n) is 2.71. The summed E-state index contributed by atoms with van der Waals surface area (Å²) in [4.78, 5) is 12.3. The minimum Gasteiger partial charge on any atom is -0.486 e. The van der Waals surface area contributed by atoms with Crippen LogP contribution in [-0.4, -0.2) is 39.6 Å². The van der Waals surface area contributed by atoms with Crippen LogP contribution in [-0.2, 0) is 18.4 Å². The number of carbonyl (C=O) groups is 1. The molecule has 0 spiro atoms. The van der Waals surface area contributed by atoms with Gasteiger partial charge in [-0.25, -0.2) is 0 Å². The summed E-state index contributed by atoms with van der Waals surface area (Å²) in [6.07, 6.45) is 0. The van der Waals surface area contributed by atoms with Gasteiger partial charge in [-0.1, -0.05) is 30.0 Å². The number of rotatable bonds is 7. The van der Waals surface area contributed by atoms with Crippen molar-refractivity contribution in [2.45, 2.75) is 11.8 Å². The lowest BCUT2D eigenvalue weighted by Crippen LogP contribution is -2.17. The fourth-order valence-corrected chi connectivity index (χ4v) is 3.44. The van der Waals surface area contributed by atoms with Crippen LogP contribution in [0.15, 0.2) is 53.7 Å². The quantitative estimate of drug-likeness (QED) is 0.597. The van der Waals surface area contributed by atoms with Crippen LogP contribution in [0.25, 0.3) is 0 Å². The summed E-state index contributed by atoms with van der Waals surface area (Å²) >= 11 is 1.31. The van der Waals surface area contributed by atoms with Crippen LogP contribution in [0, 0.1) is 0 Å². The van der Waals surface area contributed by atoms with Gasteiger partial charge in [0.1, 0.15) is 25.6 Å². The van der Waals surface area contributed by atoms with Crippen LogP contribution in [0.2, 0.25) is 0 Å². The molecule has 0 unspecified atom stereocenters. The molecule has 9 heteroatoms. The minimum absolute atomic E-state index is 0.142. The topological polar surface area (TPSA) is 87.5 Å². The molecule has 0 saturated heterocycles. The molecule has 3 aromatic rings. The van der Waals surface area contributed by atoms with Crippen LogP contribution in [0.1, 0.15) is 5.82 Å². The third-order valence-corrected chi connectivity index (χ3v) is 5.21. The van der Waals surface area contributed by atoms with Gasteiger partial charge in [-0.2, -0.15) is 0 Å².